The summed E-state index contributed by atoms with van der Waals surface area (Å²) in [4.78, 5) is 56.8. The number of nitrogens with zero attached hydrogens (tertiary/aromatic N) is 5. The van der Waals surface area contributed by atoms with E-state index in [2.05, 4.69) is 77.3 Å². The number of H-pyrrole nitrogens is 1. The van der Waals surface area contributed by atoms with Crippen molar-refractivity contribution < 1.29 is 33.8 Å². The van der Waals surface area contributed by atoms with Gasteiger partial charge in [-0.05, 0) is 79.7 Å². The van der Waals surface area contributed by atoms with Crippen LogP contribution in [-0.2, 0) is 48.0 Å². The van der Waals surface area contributed by atoms with Crippen molar-refractivity contribution in [3.05, 3.63) is 70.8 Å². The predicted octanol–water partition coefficient (Wildman–Crippen LogP) is 5.93. The molecule has 0 bridgehead atoms. The van der Waals surface area contributed by atoms with Crippen LogP contribution in [0.15, 0.2) is 48.5 Å². The van der Waals surface area contributed by atoms with Gasteiger partial charge in [-0.25, -0.2) is 4.98 Å². The molecule has 2 aromatic heterocycles. The number of rotatable bonds is 24. The Hall–Kier alpha value is -5.19. The molecule has 17 heteroatoms. The molecule has 0 aliphatic heterocycles. The van der Waals surface area contributed by atoms with Crippen LogP contribution in [0.25, 0.3) is 22.5 Å². The van der Waals surface area contributed by atoms with E-state index in [0.717, 1.165) is 60.2 Å². The van der Waals surface area contributed by atoms with Crippen molar-refractivity contribution in [2.45, 2.75) is 109 Å². The number of tetrazole rings is 1. The average molecular weight is 889 g/mol. The van der Waals surface area contributed by atoms with Crippen LogP contribution in [0, 0.1) is 17.3 Å². The summed E-state index contributed by atoms with van der Waals surface area (Å²) in [6.45, 7) is 4.18. The Bertz CT molecular complexity index is 2100. The van der Waals surface area contributed by atoms with E-state index in [4.69, 9.17) is 21.1 Å². The number of nitrogens with one attached hydrogen (secondary N) is 4. The number of imidazole rings is 1. The maximum atomic E-state index is 13.7. The van der Waals surface area contributed by atoms with E-state index in [1.165, 1.54) is 0 Å². The van der Waals surface area contributed by atoms with E-state index in [9.17, 15) is 24.3 Å². The number of amides is 3. The Labute approximate surface area is 374 Å². The summed E-state index contributed by atoms with van der Waals surface area (Å²) >= 11 is 6.70. The molecule has 0 saturated heterocycles. The van der Waals surface area contributed by atoms with E-state index >= 15 is 0 Å². The zero-order valence-electron chi connectivity index (χ0n) is 36.5. The summed E-state index contributed by atoms with van der Waals surface area (Å²) in [6, 6.07) is 16.1. The third-order valence-corrected chi connectivity index (χ3v) is 12.8. The maximum Gasteiger partial charge on any atom is 0.308 e. The zero-order chi connectivity index (χ0) is 44.6. The number of halogens is 1. The van der Waals surface area contributed by atoms with Gasteiger partial charge in [-0.2, -0.15) is 5.21 Å². The molecule has 1 unspecified atom stereocenters. The minimum Gasteiger partial charge on any atom is -0.481 e. The van der Waals surface area contributed by atoms with Gasteiger partial charge in [-0.1, -0.05) is 86.3 Å². The standard InChI is InChI=1S/C46H62ClN9O7/c1-3-4-12-39-51-41(47)38(56(39)29-31-13-15-32(16-14-31)36-10-5-6-11-37(36)42-52-54-55-53-42)27-40(57)48-23-9-24-49-43(58)33-17-19-35(20-18-33)50-45(61)46(21-7-8-22-46)28-34(44(59)60)30-63-26-25-62-2/h5-6,10-11,13-16,33-35H,3-4,7-9,12,17-30H2,1-2H3,(H,48,57)(H,49,58)(H,50,61)(H,59,60)(H,52,53,54,55). The first-order valence-electron chi connectivity index (χ1n) is 22.4. The van der Waals surface area contributed by atoms with Crippen LogP contribution >= 0.6 is 11.6 Å². The van der Waals surface area contributed by atoms with Crippen molar-refractivity contribution in [3.8, 4) is 22.5 Å². The van der Waals surface area contributed by atoms with E-state index in [-0.39, 0.29) is 49.1 Å². The van der Waals surface area contributed by atoms with Crippen molar-refractivity contribution >= 4 is 35.3 Å². The number of carbonyl (C=O) groups excluding carboxylic acids is 3. The van der Waals surface area contributed by atoms with Gasteiger partial charge in [0.15, 0.2) is 5.15 Å². The van der Waals surface area contributed by atoms with E-state index in [0.29, 0.717) is 94.5 Å². The summed E-state index contributed by atoms with van der Waals surface area (Å²) in [7, 11) is 1.56. The number of methoxy groups -OCH3 is 1. The Morgan fingerprint density at radius 3 is 2.38 bits per heavy atom. The van der Waals surface area contributed by atoms with Crippen LogP contribution in [0.5, 0.6) is 0 Å². The van der Waals surface area contributed by atoms with E-state index in [1.54, 1.807) is 7.11 Å². The predicted molar refractivity (Wildman–Crippen MR) is 238 cm³/mol. The molecule has 340 valence electrons. The van der Waals surface area contributed by atoms with Gasteiger partial charge in [0.05, 0.1) is 43.3 Å². The summed E-state index contributed by atoms with van der Waals surface area (Å²) < 4.78 is 12.6. The molecule has 2 saturated carbocycles. The first-order valence-corrected chi connectivity index (χ1v) is 22.8. The quantitative estimate of drug-likeness (QED) is 0.0520. The normalized spacial score (nSPS) is 17.6. The molecule has 4 aromatic rings. The molecule has 2 aliphatic rings. The second-order valence-corrected chi connectivity index (χ2v) is 17.3. The number of aromatic amines is 1. The average Bonchev–Trinajstić information content (AvgIpc) is 4.07. The van der Waals surface area contributed by atoms with Gasteiger partial charge in [0.1, 0.15) is 5.82 Å². The van der Waals surface area contributed by atoms with Gasteiger partial charge in [0, 0.05) is 50.7 Å². The summed E-state index contributed by atoms with van der Waals surface area (Å²) in [5, 5.41) is 34.0. The number of hydrogen-bond acceptors (Lipinski definition) is 10. The molecule has 2 aliphatic carbocycles. The van der Waals surface area contributed by atoms with Crippen LogP contribution in [0.4, 0.5) is 0 Å². The molecule has 6 rings (SSSR count). The van der Waals surface area contributed by atoms with Gasteiger partial charge in [0.25, 0.3) is 0 Å². The number of carboxylic acids is 1. The molecule has 2 aromatic carbocycles. The van der Waals surface area contributed by atoms with Crippen molar-refractivity contribution in [2.75, 3.05) is 40.0 Å². The Balaban J connectivity index is 0.940. The Morgan fingerprint density at radius 2 is 1.70 bits per heavy atom. The number of aryl methyl sites for hydroxylation is 1. The first kappa shape index (κ1) is 47.3. The first-order chi connectivity index (χ1) is 30.6. The fraction of sp³-hybridized carbons (Fsp3) is 0.565. The fourth-order valence-corrected chi connectivity index (χ4v) is 9.19. The van der Waals surface area contributed by atoms with Gasteiger partial charge < -0.3 is 35.1 Å². The van der Waals surface area contributed by atoms with E-state index < -0.39 is 17.3 Å². The fourth-order valence-electron chi connectivity index (χ4n) is 8.92. The number of carbonyl (C=O) groups is 4. The number of carboxylic acid groups (broad SMARTS) is 1. The van der Waals surface area contributed by atoms with Gasteiger partial charge >= 0.3 is 5.97 Å². The molecule has 63 heavy (non-hydrogen) atoms. The smallest absolute Gasteiger partial charge is 0.308 e. The van der Waals surface area contributed by atoms with Gasteiger partial charge in [-0.3, -0.25) is 19.2 Å². The number of unbranched alkanes of at least 4 members (excludes halogenated alkanes) is 1. The molecule has 16 nitrogen and oxygen atoms in total. The monoisotopic (exact) mass is 887 g/mol. The number of hydrogen-bond donors (Lipinski definition) is 5. The van der Waals surface area contributed by atoms with E-state index in [1.807, 2.05) is 24.3 Å². The highest BCUT2D eigenvalue weighted by molar-refractivity contribution is 6.30. The minimum absolute atomic E-state index is 0.0179. The highest BCUT2D eigenvalue weighted by Crippen LogP contribution is 2.44. The highest BCUT2D eigenvalue weighted by atomic mass is 35.5. The second-order valence-electron chi connectivity index (χ2n) is 16.9. The minimum atomic E-state index is -0.956. The highest BCUT2D eigenvalue weighted by Gasteiger charge is 2.45. The van der Waals surface area contributed by atoms with Crippen molar-refractivity contribution in [2.24, 2.45) is 17.3 Å². The maximum absolute atomic E-state index is 13.7. The lowest BCUT2D eigenvalue weighted by atomic mass is 9.76. The number of benzene rings is 2. The van der Waals surface area contributed by atoms with Crippen molar-refractivity contribution in [1.29, 1.82) is 0 Å². The SMILES string of the molecule is CCCCc1nc(Cl)c(CC(=O)NCCCNC(=O)C2CCC(NC(=O)C3(CC(COCCOC)C(=O)O)CCCC3)CC2)n1Cc1ccc(-c2ccccc2-c2nn[nH]n2)cc1. The third-order valence-electron chi connectivity index (χ3n) is 12.5. The Kier molecular flexibility index (Phi) is 17.6. The number of aromatic nitrogens is 6. The van der Waals surface area contributed by atoms with Crippen LogP contribution in [0.3, 0.4) is 0 Å². The van der Waals surface area contributed by atoms with Gasteiger partial charge in [0.2, 0.25) is 23.5 Å². The van der Waals surface area contributed by atoms with Crippen LogP contribution < -0.4 is 16.0 Å². The summed E-state index contributed by atoms with van der Waals surface area (Å²) in [5.41, 5.74) is 3.86. The molecule has 2 fully saturated rings. The molecule has 2 heterocycles. The van der Waals surface area contributed by atoms with Crippen LogP contribution in [0.1, 0.15) is 101 Å². The van der Waals surface area contributed by atoms with Crippen molar-refractivity contribution in [1.82, 2.24) is 46.1 Å². The molecular weight excluding hydrogens is 826 g/mol. The molecule has 3 amide bonds. The molecule has 5 N–H and O–H groups in total. The van der Waals surface area contributed by atoms with Crippen molar-refractivity contribution in [3.63, 3.8) is 0 Å². The zero-order valence-corrected chi connectivity index (χ0v) is 37.3. The lowest BCUT2D eigenvalue weighted by Crippen LogP contribution is -2.48. The Morgan fingerprint density at radius 1 is 0.968 bits per heavy atom. The third kappa shape index (κ3) is 12.9. The molecule has 0 radical (unpaired) electrons. The van der Waals surface area contributed by atoms with Crippen LogP contribution in [-0.4, -0.2) is 105 Å². The number of aliphatic carboxylic acids is 1. The molecule has 0 spiro atoms. The topological polar surface area (TPSA) is 215 Å². The summed E-state index contributed by atoms with van der Waals surface area (Å²) in [6.07, 6.45) is 9.34. The lowest BCUT2D eigenvalue weighted by molar-refractivity contribution is -0.147. The van der Waals surface area contributed by atoms with Gasteiger partial charge in [-0.15, -0.1) is 10.2 Å². The molecular formula is C46H62ClN9O7. The number of ether oxygens (including phenoxy) is 2. The second kappa shape index (κ2) is 23.5. The lowest BCUT2D eigenvalue weighted by Gasteiger charge is -2.34. The summed E-state index contributed by atoms with van der Waals surface area (Å²) in [5.74, 6) is -0.776. The van der Waals surface area contributed by atoms with Crippen LogP contribution in [0.2, 0.25) is 5.15 Å². The molecule has 1 atom stereocenters. The largest absolute Gasteiger partial charge is 0.481 e.